The highest BCUT2D eigenvalue weighted by molar-refractivity contribution is 6.04. The Morgan fingerprint density at radius 1 is 1.00 bits per heavy atom. The molecule has 2 aromatic rings. The largest absolute Gasteiger partial charge is 0.496 e. The molecule has 0 saturated heterocycles. The summed E-state index contributed by atoms with van der Waals surface area (Å²) in [5.74, 6) is 0.396. The summed E-state index contributed by atoms with van der Waals surface area (Å²) in [5.41, 5.74) is 1.83. The second kappa shape index (κ2) is 8.87. The van der Waals surface area contributed by atoms with Crippen LogP contribution in [0, 0.1) is 0 Å². The zero-order valence-electron chi connectivity index (χ0n) is 14.9. The summed E-state index contributed by atoms with van der Waals surface area (Å²) in [4.78, 5) is 26.8. The first kappa shape index (κ1) is 18.5. The molecule has 0 aliphatic carbocycles. The number of nitrogens with zero attached hydrogens (tertiary/aromatic N) is 1. The molecule has 0 radical (unpaired) electrons. The third kappa shape index (κ3) is 4.59. The quantitative estimate of drug-likeness (QED) is 0.841. The number of rotatable bonds is 7. The highest BCUT2D eigenvalue weighted by Gasteiger charge is 2.17. The van der Waals surface area contributed by atoms with Crippen LogP contribution in [0.1, 0.15) is 29.8 Å². The van der Waals surface area contributed by atoms with Crippen LogP contribution < -0.4 is 10.1 Å². The number of methoxy groups -OCH3 is 1. The topological polar surface area (TPSA) is 58.6 Å². The molecule has 0 unspecified atom stereocenters. The molecule has 0 atom stereocenters. The van der Waals surface area contributed by atoms with Crippen LogP contribution in [-0.2, 0) is 11.2 Å². The van der Waals surface area contributed by atoms with Crippen molar-refractivity contribution in [3.63, 3.8) is 0 Å². The van der Waals surface area contributed by atoms with E-state index in [0.29, 0.717) is 30.1 Å². The van der Waals surface area contributed by atoms with Gasteiger partial charge in [-0.15, -0.1) is 0 Å². The van der Waals surface area contributed by atoms with E-state index >= 15 is 0 Å². The van der Waals surface area contributed by atoms with Crippen LogP contribution in [0.25, 0.3) is 0 Å². The van der Waals surface area contributed by atoms with E-state index in [4.69, 9.17) is 4.74 Å². The van der Waals surface area contributed by atoms with Gasteiger partial charge in [-0.2, -0.15) is 0 Å². The van der Waals surface area contributed by atoms with Gasteiger partial charge in [0.1, 0.15) is 5.75 Å². The Labute approximate surface area is 148 Å². The lowest BCUT2D eigenvalue weighted by atomic mass is 10.1. The Hall–Kier alpha value is -2.82. The standard InChI is InChI=1S/C20H24N2O3/c1-4-22(5-2)20(24)16-11-7-8-12-17(16)21-19(23)14-15-10-6-9-13-18(15)25-3/h6-13H,4-5,14H2,1-3H3,(H,21,23). The van der Waals surface area contributed by atoms with E-state index in [0.717, 1.165) is 5.56 Å². The van der Waals surface area contributed by atoms with Crippen molar-refractivity contribution >= 4 is 17.5 Å². The van der Waals surface area contributed by atoms with Gasteiger partial charge in [0, 0.05) is 18.7 Å². The zero-order valence-corrected chi connectivity index (χ0v) is 14.9. The lowest BCUT2D eigenvalue weighted by Gasteiger charge is -2.20. The summed E-state index contributed by atoms with van der Waals surface area (Å²) in [6.07, 6.45) is 0.178. The lowest BCUT2D eigenvalue weighted by Crippen LogP contribution is -2.31. The number of carbonyl (C=O) groups is 2. The smallest absolute Gasteiger partial charge is 0.255 e. The van der Waals surface area contributed by atoms with Gasteiger partial charge >= 0.3 is 0 Å². The van der Waals surface area contributed by atoms with Crippen LogP contribution >= 0.6 is 0 Å². The van der Waals surface area contributed by atoms with Gasteiger partial charge in [0.15, 0.2) is 0 Å². The number of hydrogen-bond donors (Lipinski definition) is 1. The average molecular weight is 340 g/mol. The highest BCUT2D eigenvalue weighted by Crippen LogP contribution is 2.20. The molecule has 5 heteroatoms. The number of benzene rings is 2. The van der Waals surface area contributed by atoms with Gasteiger partial charge in [-0.1, -0.05) is 30.3 Å². The second-order valence-corrected chi connectivity index (χ2v) is 5.56. The fraction of sp³-hybridized carbons (Fsp3) is 0.300. The predicted octanol–water partition coefficient (Wildman–Crippen LogP) is 3.36. The molecule has 0 saturated carbocycles. The first-order valence-corrected chi connectivity index (χ1v) is 8.40. The van der Waals surface area contributed by atoms with Crippen molar-refractivity contribution in [3.8, 4) is 5.75 Å². The number of amides is 2. The van der Waals surface area contributed by atoms with Crippen molar-refractivity contribution < 1.29 is 14.3 Å². The molecule has 2 aromatic carbocycles. The Morgan fingerprint density at radius 3 is 2.32 bits per heavy atom. The van der Waals surface area contributed by atoms with Crippen molar-refractivity contribution in [1.29, 1.82) is 0 Å². The van der Waals surface area contributed by atoms with E-state index < -0.39 is 0 Å². The summed E-state index contributed by atoms with van der Waals surface area (Å²) in [5, 5.41) is 2.85. The molecule has 0 aromatic heterocycles. The van der Waals surface area contributed by atoms with E-state index in [1.165, 1.54) is 0 Å². The fourth-order valence-electron chi connectivity index (χ4n) is 2.68. The van der Waals surface area contributed by atoms with E-state index in [9.17, 15) is 9.59 Å². The third-order valence-corrected chi connectivity index (χ3v) is 4.03. The maximum atomic E-state index is 12.6. The summed E-state index contributed by atoms with van der Waals surface area (Å²) in [7, 11) is 1.58. The molecule has 0 bridgehead atoms. The second-order valence-electron chi connectivity index (χ2n) is 5.56. The van der Waals surface area contributed by atoms with Crippen molar-refractivity contribution in [2.24, 2.45) is 0 Å². The van der Waals surface area contributed by atoms with Crippen LogP contribution in [0.15, 0.2) is 48.5 Å². The first-order chi connectivity index (χ1) is 12.1. The van der Waals surface area contributed by atoms with E-state index in [1.807, 2.05) is 38.1 Å². The van der Waals surface area contributed by atoms with E-state index in [-0.39, 0.29) is 18.2 Å². The molecule has 5 nitrogen and oxygen atoms in total. The number of hydrogen-bond acceptors (Lipinski definition) is 3. The van der Waals surface area contributed by atoms with Crippen LogP contribution in [0.2, 0.25) is 0 Å². The Bertz CT molecular complexity index is 739. The van der Waals surface area contributed by atoms with Gasteiger partial charge < -0.3 is 15.0 Å². The van der Waals surface area contributed by atoms with Crippen molar-refractivity contribution in [3.05, 3.63) is 59.7 Å². The molecule has 0 aliphatic rings. The van der Waals surface area contributed by atoms with Crippen molar-refractivity contribution in [2.75, 3.05) is 25.5 Å². The minimum Gasteiger partial charge on any atom is -0.496 e. The molecular formula is C20H24N2O3. The normalized spacial score (nSPS) is 10.2. The molecular weight excluding hydrogens is 316 g/mol. The zero-order chi connectivity index (χ0) is 18.2. The minimum absolute atomic E-state index is 0.0850. The molecule has 0 fully saturated rings. The van der Waals surface area contributed by atoms with E-state index in [2.05, 4.69) is 5.32 Å². The summed E-state index contributed by atoms with van der Waals surface area (Å²) in [6.45, 7) is 5.12. The lowest BCUT2D eigenvalue weighted by molar-refractivity contribution is -0.115. The van der Waals surface area contributed by atoms with Gasteiger partial charge in [-0.05, 0) is 32.0 Å². The SMILES string of the molecule is CCN(CC)C(=O)c1ccccc1NC(=O)Cc1ccccc1OC. The minimum atomic E-state index is -0.190. The van der Waals surface area contributed by atoms with Gasteiger partial charge in [-0.3, -0.25) is 9.59 Å². The van der Waals surface area contributed by atoms with Crippen LogP contribution in [-0.4, -0.2) is 36.9 Å². The molecule has 0 spiro atoms. The maximum absolute atomic E-state index is 12.6. The summed E-state index contributed by atoms with van der Waals surface area (Å²) < 4.78 is 5.28. The predicted molar refractivity (Wildman–Crippen MR) is 99.0 cm³/mol. The molecule has 0 aliphatic heterocycles. The highest BCUT2D eigenvalue weighted by atomic mass is 16.5. The fourth-order valence-corrected chi connectivity index (χ4v) is 2.68. The number of anilines is 1. The summed E-state index contributed by atoms with van der Waals surface area (Å²) in [6, 6.07) is 14.5. The average Bonchev–Trinajstić information content (AvgIpc) is 2.63. The molecule has 1 N–H and O–H groups in total. The van der Waals surface area contributed by atoms with Gasteiger partial charge in [0.25, 0.3) is 5.91 Å². The van der Waals surface area contributed by atoms with Crippen LogP contribution in [0.5, 0.6) is 5.75 Å². The van der Waals surface area contributed by atoms with E-state index in [1.54, 1.807) is 36.3 Å². The van der Waals surface area contributed by atoms with Gasteiger partial charge in [0.2, 0.25) is 5.91 Å². The van der Waals surface area contributed by atoms with Crippen LogP contribution in [0.3, 0.4) is 0 Å². The number of para-hydroxylation sites is 2. The molecule has 2 amide bonds. The molecule has 25 heavy (non-hydrogen) atoms. The summed E-state index contributed by atoms with van der Waals surface area (Å²) >= 11 is 0. The monoisotopic (exact) mass is 340 g/mol. The van der Waals surface area contributed by atoms with Crippen LogP contribution in [0.4, 0.5) is 5.69 Å². The first-order valence-electron chi connectivity index (χ1n) is 8.40. The Morgan fingerprint density at radius 2 is 1.64 bits per heavy atom. The van der Waals surface area contributed by atoms with Gasteiger partial charge in [0.05, 0.1) is 24.8 Å². The Balaban J connectivity index is 2.17. The van der Waals surface area contributed by atoms with Crippen molar-refractivity contribution in [1.82, 2.24) is 4.90 Å². The molecule has 132 valence electrons. The molecule has 0 heterocycles. The number of carbonyl (C=O) groups excluding carboxylic acids is 2. The number of nitrogens with one attached hydrogen (secondary N) is 1. The van der Waals surface area contributed by atoms with Gasteiger partial charge in [-0.25, -0.2) is 0 Å². The Kier molecular flexibility index (Phi) is 6.57. The van der Waals surface area contributed by atoms with Crippen molar-refractivity contribution in [2.45, 2.75) is 20.3 Å². The number of ether oxygens (including phenoxy) is 1. The maximum Gasteiger partial charge on any atom is 0.255 e. The third-order valence-electron chi connectivity index (χ3n) is 4.03. The molecule has 2 rings (SSSR count).